The maximum Gasteiger partial charge on any atom is 0.337 e. The van der Waals surface area contributed by atoms with Gasteiger partial charge in [-0.05, 0) is 35.9 Å². The highest BCUT2D eigenvalue weighted by Gasteiger charge is 2.06. The van der Waals surface area contributed by atoms with Crippen molar-refractivity contribution in [3.63, 3.8) is 0 Å². The van der Waals surface area contributed by atoms with Crippen LogP contribution in [0.4, 0.5) is 5.69 Å². The van der Waals surface area contributed by atoms with Gasteiger partial charge in [0.1, 0.15) is 5.75 Å². The first-order valence-electron chi connectivity index (χ1n) is 6.38. The number of hydrogen-bond acceptors (Lipinski definition) is 4. The highest BCUT2D eigenvalue weighted by atomic mass is 35.5. The molecule has 0 unspecified atom stereocenters. The first-order valence-corrected chi connectivity index (χ1v) is 6.76. The molecule has 0 aliphatic rings. The number of carbonyl (C=O) groups excluding carboxylic acids is 1. The molecule has 0 spiro atoms. The van der Waals surface area contributed by atoms with Crippen molar-refractivity contribution in [1.82, 2.24) is 0 Å². The fourth-order valence-electron chi connectivity index (χ4n) is 1.89. The molecule has 0 saturated heterocycles. The van der Waals surface area contributed by atoms with Crippen LogP contribution in [0, 0.1) is 0 Å². The highest BCUT2D eigenvalue weighted by Crippen LogP contribution is 2.28. The van der Waals surface area contributed by atoms with Crippen LogP contribution < -0.4 is 10.1 Å². The standard InChI is InChI=1S/C16H16ClNO3/c1-20-15-8-7-13(17)9-14(15)18-10-11-3-5-12(6-4-11)16(19)21-2/h3-9,18H,10H2,1-2H3. The van der Waals surface area contributed by atoms with Gasteiger partial charge >= 0.3 is 5.97 Å². The molecule has 0 aliphatic carbocycles. The van der Waals surface area contributed by atoms with E-state index in [1.54, 1.807) is 25.3 Å². The zero-order valence-corrected chi connectivity index (χ0v) is 12.6. The molecule has 0 heterocycles. The molecule has 5 heteroatoms. The molecule has 0 bridgehead atoms. The van der Waals surface area contributed by atoms with Gasteiger partial charge in [-0.25, -0.2) is 4.79 Å². The van der Waals surface area contributed by atoms with E-state index in [0.717, 1.165) is 17.0 Å². The van der Waals surface area contributed by atoms with Gasteiger partial charge in [0.15, 0.2) is 0 Å². The van der Waals surface area contributed by atoms with Gasteiger partial charge in [0, 0.05) is 11.6 Å². The fraction of sp³-hybridized carbons (Fsp3) is 0.188. The van der Waals surface area contributed by atoms with Crippen molar-refractivity contribution in [2.45, 2.75) is 6.54 Å². The van der Waals surface area contributed by atoms with Crippen LogP contribution in [0.3, 0.4) is 0 Å². The van der Waals surface area contributed by atoms with Gasteiger partial charge in [0.25, 0.3) is 0 Å². The van der Waals surface area contributed by atoms with E-state index < -0.39 is 0 Å². The zero-order chi connectivity index (χ0) is 15.2. The smallest absolute Gasteiger partial charge is 0.337 e. The van der Waals surface area contributed by atoms with Crippen LogP contribution in [0.25, 0.3) is 0 Å². The number of carbonyl (C=O) groups is 1. The van der Waals surface area contributed by atoms with Crippen LogP contribution in [-0.4, -0.2) is 20.2 Å². The number of nitrogens with one attached hydrogen (secondary N) is 1. The maximum atomic E-state index is 11.4. The monoisotopic (exact) mass is 305 g/mol. The van der Waals surface area contributed by atoms with E-state index in [9.17, 15) is 4.79 Å². The van der Waals surface area contributed by atoms with Gasteiger partial charge in [0.2, 0.25) is 0 Å². The zero-order valence-electron chi connectivity index (χ0n) is 11.9. The van der Waals surface area contributed by atoms with Crippen LogP contribution >= 0.6 is 11.6 Å². The van der Waals surface area contributed by atoms with E-state index in [4.69, 9.17) is 16.3 Å². The third-order valence-electron chi connectivity index (χ3n) is 3.02. The Bertz CT molecular complexity index is 626. The summed E-state index contributed by atoms with van der Waals surface area (Å²) in [7, 11) is 2.97. The molecule has 1 N–H and O–H groups in total. The second kappa shape index (κ2) is 6.99. The van der Waals surface area contributed by atoms with E-state index in [0.29, 0.717) is 17.1 Å². The Hall–Kier alpha value is -2.20. The van der Waals surface area contributed by atoms with Crippen LogP contribution in [-0.2, 0) is 11.3 Å². The number of rotatable bonds is 5. The molecule has 0 radical (unpaired) electrons. The Morgan fingerprint density at radius 1 is 1.14 bits per heavy atom. The molecule has 21 heavy (non-hydrogen) atoms. The van der Waals surface area contributed by atoms with Crippen LogP contribution in [0.15, 0.2) is 42.5 Å². The lowest BCUT2D eigenvalue weighted by atomic mass is 10.1. The number of anilines is 1. The predicted molar refractivity (Wildman–Crippen MR) is 83.1 cm³/mol. The van der Waals surface area contributed by atoms with Gasteiger partial charge in [-0.3, -0.25) is 0 Å². The molecule has 0 amide bonds. The van der Waals surface area contributed by atoms with Crippen molar-refractivity contribution in [1.29, 1.82) is 0 Å². The maximum absolute atomic E-state index is 11.4. The molecule has 0 aliphatic heterocycles. The third-order valence-corrected chi connectivity index (χ3v) is 3.25. The van der Waals surface area contributed by atoms with Gasteiger partial charge in [0.05, 0.1) is 25.5 Å². The summed E-state index contributed by atoms with van der Waals surface area (Å²) in [6.07, 6.45) is 0. The highest BCUT2D eigenvalue weighted by molar-refractivity contribution is 6.30. The van der Waals surface area contributed by atoms with Gasteiger partial charge in [-0.2, -0.15) is 0 Å². The second-order valence-corrected chi connectivity index (χ2v) is 4.82. The Balaban J connectivity index is 2.06. The Morgan fingerprint density at radius 3 is 2.48 bits per heavy atom. The van der Waals surface area contributed by atoms with Crippen molar-refractivity contribution >= 4 is 23.3 Å². The lowest BCUT2D eigenvalue weighted by molar-refractivity contribution is 0.0600. The average molecular weight is 306 g/mol. The first kappa shape index (κ1) is 15.2. The summed E-state index contributed by atoms with van der Waals surface area (Å²) in [5, 5.41) is 3.90. The molecule has 2 aromatic rings. The summed E-state index contributed by atoms with van der Waals surface area (Å²) in [6, 6.07) is 12.6. The number of methoxy groups -OCH3 is 2. The molecule has 2 rings (SSSR count). The minimum Gasteiger partial charge on any atom is -0.495 e. The summed E-state index contributed by atoms with van der Waals surface area (Å²) in [5.41, 5.74) is 2.38. The second-order valence-electron chi connectivity index (χ2n) is 4.39. The SMILES string of the molecule is COC(=O)c1ccc(CNc2cc(Cl)ccc2OC)cc1. The minimum absolute atomic E-state index is 0.342. The lowest BCUT2D eigenvalue weighted by Crippen LogP contribution is -2.03. The van der Waals surface area contributed by atoms with E-state index in [1.165, 1.54) is 7.11 Å². The van der Waals surface area contributed by atoms with E-state index in [2.05, 4.69) is 10.1 Å². The molecule has 0 aromatic heterocycles. The fourth-order valence-corrected chi connectivity index (χ4v) is 2.06. The topological polar surface area (TPSA) is 47.6 Å². The average Bonchev–Trinajstić information content (AvgIpc) is 2.52. The molecule has 2 aromatic carbocycles. The van der Waals surface area contributed by atoms with Crippen molar-refractivity contribution in [2.75, 3.05) is 19.5 Å². The first-order chi connectivity index (χ1) is 10.1. The van der Waals surface area contributed by atoms with Crippen molar-refractivity contribution in [2.24, 2.45) is 0 Å². The van der Waals surface area contributed by atoms with Crippen molar-refractivity contribution in [3.05, 3.63) is 58.6 Å². The summed E-state index contributed by atoms with van der Waals surface area (Å²) in [4.78, 5) is 11.4. The Labute approximate surface area is 128 Å². The molecule has 4 nitrogen and oxygen atoms in total. The van der Waals surface area contributed by atoms with E-state index in [-0.39, 0.29) is 5.97 Å². The van der Waals surface area contributed by atoms with Crippen molar-refractivity contribution in [3.8, 4) is 5.75 Å². The van der Waals surface area contributed by atoms with E-state index in [1.807, 2.05) is 24.3 Å². The molecular weight excluding hydrogens is 290 g/mol. The van der Waals surface area contributed by atoms with E-state index >= 15 is 0 Å². The van der Waals surface area contributed by atoms with Crippen LogP contribution in [0.5, 0.6) is 5.75 Å². The number of benzene rings is 2. The number of hydrogen-bond donors (Lipinski definition) is 1. The quantitative estimate of drug-likeness (QED) is 0.855. The van der Waals surface area contributed by atoms with Gasteiger partial charge in [-0.15, -0.1) is 0 Å². The van der Waals surface area contributed by atoms with Crippen LogP contribution in [0.1, 0.15) is 15.9 Å². The lowest BCUT2D eigenvalue weighted by Gasteiger charge is -2.11. The molecule has 0 fully saturated rings. The number of halogens is 1. The minimum atomic E-state index is -0.342. The predicted octanol–water partition coefficient (Wildman–Crippen LogP) is 3.75. The normalized spacial score (nSPS) is 10.0. The largest absolute Gasteiger partial charge is 0.495 e. The molecule has 110 valence electrons. The summed E-state index contributed by atoms with van der Waals surface area (Å²) in [6.45, 7) is 0.595. The summed E-state index contributed by atoms with van der Waals surface area (Å²) < 4.78 is 9.93. The number of esters is 1. The Kier molecular flexibility index (Phi) is 5.06. The number of ether oxygens (including phenoxy) is 2. The van der Waals surface area contributed by atoms with Crippen molar-refractivity contribution < 1.29 is 14.3 Å². The third kappa shape index (κ3) is 3.89. The molecule has 0 atom stereocenters. The molecule has 0 saturated carbocycles. The van der Waals surface area contributed by atoms with Gasteiger partial charge < -0.3 is 14.8 Å². The summed E-state index contributed by atoms with van der Waals surface area (Å²) in [5.74, 6) is 0.386. The molecular formula is C16H16ClNO3. The summed E-state index contributed by atoms with van der Waals surface area (Å²) >= 11 is 5.98. The van der Waals surface area contributed by atoms with Crippen LogP contribution in [0.2, 0.25) is 5.02 Å². The Morgan fingerprint density at radius 2 is 1.86 bits per heavy atom. The van der Waals surface area contributed by atoms with Gasteiger partial charge in [-0.1, -0.05) is 23.7 Å².